The molecule has 0 saturated carbocycles. The summed E-state index contributed by atoms with van der Waals surface area (Å²) in [5, 5.41) is 0. The molecule has 0 unspecified atom stereocenters. The zero-order chi connectivity index (χ0) is 12.3. The molecule has 7 nitrogen and oxygen atoms in total. The summed E-state index contributed by atoms with van der Waals surface area (Å²) in [7, 11) is -3.20. The smallest absolute Gasteiger partial charge is 0.218 e. The van der Waals surface area contributed by atoms with Gasteiger partial charge in [0.1, 0.15) is 0 Å². The largest absolute Gasteiger partial charge is 0.370 e. The molecule has 6 N–H and O–H groups in total. The molecule has 0 heterocycles. The normalized spacial score (nSPS) is 13.7. The van der Waals surface area contributed by atoms with Gasteiger partial charge >= 0.3 is 0 Å². The van der Waals surface area contributed by atoms with Gasteiger partial charge in [0.15, 0.2) is 15.8 Å². The van der Waals surface area contributed by atoms with E-state index in [0.717, 1.165) is 6.26 Å². The standard InChI is InChI=1S/C7H17N5O2S/c1-7(2,15(3,13)14)4-11-6(10)12-5(8)9/h4H2,1-3H3,(H6,8,9,10,11,12). The van der Waals surface area contributed by atoms with Crippen LogP contribution in [0.1, 0.15) is 13.8 Å². The van der Waals surface area contributed by atoms with E-state index in [9.17, 15) is 8.42 Å². The highest BCUT2D eigenvalue weighted by Crippen LogP contribution is 2.14. The first kappa shape index (κ1) is 13.7. The van der Waals surface area contributed by atoms with E-state index in [2.05, 4.69) is 9.98 Å². The van der Waals surface area contributed by atoms with Crippen molar-refractivity contribution in [3.8, 4) is 0 Å². The summed E-state index contributed by atoms with van der Waals surface area (Å²) in [6, 6.07) is 0. The first-order chi connectivity index (χ1) is 6.56. The molecule has 0 aliphatic heterocycles. The summed E-state index contributed by atoms with van der Waals surface area (Å²) in [6.45, 7) is 3.11. The van der Waals surface area contributed by atoms with Gasteiger partial charge in [0, 0.05) is 6.26 Å². The third-order valence-corrected chi connectivity index (χ3v) is 4.01. The number of aliphatic imine (C=N–C) groups is 2. The second kappa shape index (κ2) is 4.47. The van der Waals surface area contributed by atoms with Crippen LogP contribution in [0.2, 0.25) is 0 Å². The Morgan fingerprint density at radius 1 is 1.27 bits per heavy atom. The highest BCUT2D eigenvalue weighted by molar-refractivity contribution is 7.92. The minimum atomic E-state index is -3.20. The van der Waals surface area contributed by atoms with E-state index in [1.54, 1.807) is 13.8 Å². The van der Waals surface area contributed by atoms with Gasteiger partial charge in [-0.15, -0.1) is 0 Å². The molecule has 0 aromatic rings. The molecule has 0 spiro atoms. The lowest BCUT2D eigenvalue weighted by Gasteiger charge is -2.19. The zero-order valence-electron chi connectivity index (χ0n) is 9.06. The number of hydrogen-bond donors (Lipinski definition) is 3. The van der Waals surface area contributed by atoms with E-state index in [4.69, 9.17) is 17.2 Å². The lowest BCUT2D eigenvalue weighted by atomic mass is 10.2. The monoisotopic (exact) mass is 235 g/mol. The lowest BCUT2D eigenvalue weighted by molar-refractivity contribution is 0.555. The van der Waals surface area contributed by atoms with E-state index in [0.29, 0.717) is 0 Å². The third kappa shape index (κ3) is 4.63. The number of guanidine groups is 2. The van der Waals surface area contributed by atoms with Crippen LogP contribution < -0.4 is 17.2 Å². The van der Waals surface area contributed by atoms with Crippen molar-refractivity contribution >= 4 is 21.8 Å². The molecule has 0 rings (SSSR count). The first-order valence-corrected chi connectivity index (χ1v) is 6.04. The second-order valence-corrected chi connectivity index (χ2v) is 6.39. The Labute approximate surface area is 89.4 Å². The molecule has 0 aliphatic carbocycles. The average molecular weight is 235 g/mol. The number of sulfone groups is 1. The Kier molecular flexibility index (Phi) is 4.08. The van der Waals surface area contributed by atoms with Crippen LogP contribution in [-0.2, 0) is 9.84 Å². The van der Waals surface area contributed by atoms with Crippen LogP contribution in [0.4, 0.5) is 0 Å². The molecule has 0 saturated heterocycles. The summed E-state index contributed by atoms with van der Waals surface area (Å²) in [4.78, 5) is 7.24. The Hall–Kier alpha value is -1.31. The van der Waals surface area contributed by atoms with Crippen LogP contribution >= 0.6 is 0 Å². The molecule has 0 bridgehead atoms. The van der Waals surface area contributed by atoms with E-state index < -0.39 is 14.6 Å². The fourth-order valence-corrected chi connectivity index (χ4v) is 0.855. The summed E-state index contributed by atoms with van der Waals surface area (Å²) >= 11 is 0. The number of hydrogen-bond acceptors (Lipinski definition) is 3. The molecule has 0 aromatic heterocycles. The Morgan fingerprint density at radius 2 is 1.73 bits per heavy atom. The van der Waals surface area contributed by atoms with Crippen molar-refractivity contribution in [2.45, 2.75) is 18.6 Å². The molecule has 0 fully saturated rings. The summed E-state index contributed by atoms with van der Waals surface area (Å²) in [5.41, 5.74) is 15.5. The Balaban J connectivity index is 4.73. The maximum Gasteiger partial charge on any atom is 0.218 e. The van der Waals surface area contributed by atoms with Gasteiger partial charge in [0.2, 0.25) is 5.96 Å². The second-order valence-electron chi connectivity index (χ2n) is 3.74. The molecule has 0 atom stereocenters. The van der Waals surface area contributed by atoms with Gasteiger partial charge in [0.25, 0.3) is 0 Å². The van der Waals surface area contributed by atoms with Gasteiger partial charge in [0.05, 0.1) is 11.3 Å². The average Bonchev–Trinajstić information content (AvgIpc) is 1.97. The van der Waals surface area contributed by atoms with E-state index in [1.165, 1.54) is 0 Å². The van der Waals surface area contributed by atoms with Crippen LogP contribution in [0.15, 0.2) is 9.98 Å². The van der Waals surface area contributed by atoms with Crippen molar-refractivity contribution in [2.75, 3.05) is 12.8 Å². The van der Waals surface area contributed by atoms with Crippen molar-refractivity contribution in [3.63, 3.8) is 0 Å². The van der Waals surface area contributed by atoms with E-state index in [-0.39, 0.29) is 18.5 Å². The lowest BCUT2D eigenvalue weighted by Crippen LogP contribution is -2.35. The molecule has 8 heteroatoms. The van der Waals surface area contributed by atoms with E-state index in [1.807, 2.05) is 0 Å². The molecular weight excluding hydrogens is 218 g/mol. The molecule has 0 aromatic carbocycles. The summed E-state index contributed by atoms with van der Waals surface area (Å²) < 4.78 is 21.6. The molecule has 0 amide bonds. The van der Waals surface area contributed by atoms with Crippen LogP contribution in [0.5, 0.6) is 0 Å². The van der Waals surface area contributed by atoms with Crippen LogP contribution in [0, 0.1) is 0 Å². The molecular formula is C7H17N5O2S. The third-order valence-electron chi connectivity index (χ3n) is 1.87. The van der Waals surface area contributed by atoms with Crippen LogP contribution in [-0.4, -0.2) is 37.9 Å². The van der Waals surface area contributed by atoms with Crippen molar-refractivity contribution in [3.05, 3.63) is 0 Å². The van der Waals surface area contributed by atoms with Crippen molar-refractivity contribution < 1.29 is 8.42 Å². The predicted molar refractivity (Wildman–Crippen MR) is 61.2 cm³/mol. The highest BCUT2D eigenvalue weighted by atomic mass is 32.2. The van der Waals surface area contributed by atoms with Gasteiger partial charge in [-0.05, 0) is 13.8 Å². The SMILES string of the molecule is CC(C)(CN=C(N)N=C(N)N)S(C)(=O)=O. The number of nitrogens with zero attached hydrogens (tertiary/aromatic N) is 2. The van der Waals surface area contributed by atoms with Gasteiger partial charge in [-0.25, -0.2) is 13.4 Å². The minimum Gasteiger partial charge on any atom is -0.370 e. The van der Waals surface area contributed by atoms with E-state index >= 15 is 0 Å². The number of rotatable bonds is 3. The summed E-state index contributed by atoms with van der Waals surface area (Å²) in [6.07, 6.45) is 1.14. The predicted octanol–water partition coefficient (Wildman–Crippen LogP) is -1.60. The quantitative estimate of drug-likeness (QED) is 0.399. The maximum atomic E-state index is 11.3. The van der Waals surface area contributed by atoms with Crippen LogP contribution in [0.3, 0.4) is 0 Å². The topological polar surface area (TPSA) is 137 Å². The van der Waals surface area contributed by atoms with Gasteiger partial charge in [-0.1, -0.05) is 0 Å². The van der Waals surface area contributed by atoms with Gasteiger partial charge < -0.3 is 17.2 Å². The van der Waals surface area contributed by atoms with Crippen molar-refractivity contribution in [1.82, 2.24) is 0 Å². The molecule has 0 aliphatic rings. The zero-order valence-corrected chi connectivity index (χ0v) is 9.87. The highest BCUT2D eigenvalue weighted by Gasteiger charge is 2.29. The fraction of sp³-hybridized carbons (Fsp3) is 0.714. The summed E-state index contributed by atoms with van der Waals surface area (Å²) in [5.74, 6) is -0.347. The molecule has 15 heavy (non-hydrogen) atoms. The van der Waals surface area contributed by atoms with Crippen LogP contribution in [0.25, 0.3) is 0 Å². The van der Waals surface area contributed by atoms with Crippen molar-refractivity contribution in [2.24, 2.45) is 27.2 Å². The molecule has 0 radical (unpaired) electrons. The Bertz CT molecular complexity index is 378. The van der Waals surface area contributed by atoms with Gasteiger partial charge in [-0.2, -0.15) is 4.99 Å². The maximum absolute atomic E-state index is 11.3. The molecule has 88 valence electrons. The van der Waals surface area contributed by atoms with Crippen molar-refractivity contribution in [1.29, 1.82) is 0 Å². The fourth-order valence-electron chi connectivity index (χ4n) is 0.556. The number of nitrogens with two attached hydrogens (primary N) is 3. The Morgan fingerprint density at radius 3 is 2.07 bits per heavy atom. The first-order valence-electron chi connectivity index (χ1n) is 4.15. The minimum absolute atomic E-state index is 0.00838. The van der Waals surface area contributed by atoms with Gasteiger partial charge in [-0.3, -0.25) is 0 Å².